The third-order valence-corrected chi connectivity index (χ3v) is 2.38. The molecule has 1 fully saturated rings. The molecule has 0 aliphatic carbocycles. The van der Waals surface area contributed by atoms with Crippen molar-refractivity contribution >= 4 is 0 Å². The molecular formula is C10H15N3O. The molecule has 1 saturated heterocycles. The van der Waals surface area contributed by atoms with Crippen LogP contribution in [0.3, 0.4) is 0 Å². The van der Waals surface area contributed by atoms with Gasteiger partial charge >= 0.3 is 0 Å². The lowest BCUT2D eigenvalue weighted by Gasteiger charge is -2.22. The van der Waals surface area contributed by atoms with Gasteiger partial charge in [-0.15, -0.1) is 0 Å². The van der Waals surface area contributed by atoms with Gasteiger partial charge in [-0.1, -0.05) is 6.42 Å². The van der Waals surface area contributed by atoms with Crippen molar-refractivity contribution in [3.8, 4) is 5.88 Å². The number of ether oxygens (including phenoxy) is 1. The number of hydrogen-bond acceptors (Lipinski definition) is 4. The van der Waals surface area contributed by atoms with Gasteiger partial charge < -0.3 is 10.1 Å². The van der Waals surface area contributed by atoms with Gasteiger partial charge in [0, 0.05) is 18.4 Å². The maximum Gasteiger partial charge on any atom is 0.232 e. The van der Waals surface area contributed by atoms with Crippen molar-refractivity contribution in [1.29, 1.82) is 0 Å². The molecule has 0 radical (unpaired) electrons. The van der Waals surface area contributed by atoms with Crippen LogP contribution in [0.1, 0.15) is 19.3 Å². The van der Waals surface area contributed by atoms with E-state index in [-0.39, 0.29) is 0 Å². The molecule has 14 heavy (non-hydrogen) atoms. The van der Waals surface area contributed by atoms with Crippen molar-refractivity contribution in [3.63, 3.8) is 0 Å². The van der Waals surface area contributed by atoms with Gasteiger partial charge in [0.1, 0.15) is 6.61 Å². The summed E-state index contributed by atoms with van der Waals surface area (Å²) in [6.45, 7) is 1.80. The lowest BCUT2D eigenvalue weighted by Crippen LogP contribution is -2.38. The number of nitrogens with zero attached hydrogens (tertiary/aromatic N) is 2. The predicted octanol–water partition coefficient (Wildman–Crippen LogP) is 0.997. The molecule has 76 valence electrons. The van der Waals surface area contributed by atoms with Crippen LogP contribution in [0.4, 0.5) is 0 Å². The monoisotopic (exact) mass is 193 g/mol. The fourth-order valence-electron chi connectivity index (χ4n) is 1.61. The smallest absolute Gasteiger partial charge is 0.232 e. The summed E-state index contributed by atoms with van der Waals surface area (Å²) < 4.78 is 5.51. The van der Waals surface area contributed by atoms with Crippen LogP contribution in [-0.4, -0.2) is 29.2 Å². The van der Waals surface area contributed by atoms with Crippen LogP contribution in [0, 0.1) is 0 Å². The number of hydrogen-bond donors (Lipinski definition) is 1. The van der Waals surface area contributed by atoms with E-state index in [0.717, 1.165) is 6.54 Å². The molecule has 1 unspecified atom stereocenters. The molecule has 1 atom stereocenters. The summed E-state index contributed by atoms with van der Waals surface area (Å²) in [5.41, 5.74) is 0. The van der Waals surface area contributed by atoms with Crippen LogP contribution in [-0.2, 0) is 0 Å². The summed E-state index contributed by atoms with van der Waals surface area (Å²) in [5.74, 6) is 0.611. The van der Waals surface area contributed by atoms with Gasteiger partial charge in [0.15, 0.2) is 0 Å². The Kier molecular flexibility index (Phi) is 3.29. The highest BCUT2D eigenvalue weighted by Gasteiger charge is 2.12. The second-order valence-electron chi connectivity index (χ2n) is 3.50. The fourth-order valence-corrected chi connectivity index (χ4v) is 1.61. The van der Waals surface area contributed by atoms with Crippen molar-refractivity contribution in [1.82, 2.24) is 15.3 Å². The van der Waals surface area contributed by atoms with E-state index in [1.807, 2.05) is 0 Å². The SMILES string of the molecule is c1cnc(OCC2CCCCN2)cn1. The lowest BCUT2D eigenvalue weighted by molar-refractivity contribution is 0.231. The summed E-state index contributed by atoms with van der Waals surface area (Å²) in [4.78, 5) is 7.99. The third-order valence-electron chi connectivity index (χ3n) is 2.38. The summed E-state index contributed by atoms with van der Waals surface area (Å²) in [6.07, 6.45) is 8.70. The standard InChI is InChI=1S/C10H15N3O/c1-2-4-12-9(3-1)8-14-10-7-11-5-6-13-10/h5-7,9,12H,1-4,8H2. The molecule has 4 nitrogen and oxygen atoms in total. The van der Waals surface area contributed by atoms with Gasteiger partial charge in [0.25, 0.3) is 0 Å². The van der Waals surface area contributed by atoms with Crippen molar-refractivity contribution in [2.24, 2.45) is 0 Å². The molecule has 2 rings (SSSR count). The van der Waals surface area contributed by atoms with E-state index in [9.17, 15) is 0 Å². The summed E-state index contributed by atoms with van der Waals surface area (Å²) in [7, 11) is 0. The Bertz CT molecular complexity index is 259. The van der Waals surface area contributed by atoms with Gasteiger partial charge in [-0.2, -0.15) is 0 Å². The molecule has 0 aromatic carbocycles. The lowest BCUT2D eigenvalue weighted by atomic mass is 10.1. The number of rotatable bonds is 3. The van der Waals surface area contributed by atoms with Gasteiger partial charge in [0.05, 0.1) is 6.20 Å². The quantitative estimate of drug-likeness (QED) is 0.778. The van der Waals surface area contributed by atoms with Crippen molar-refractivity contribution in [2.45, 2.75) is 25.3 Å². The van der Waals surface area contributed by atoms with E-state index >= 15 is 0 Å². The first-order valence-corrected chi connectivity index (χ1v) is 5.07. The molecule has 1 N–H and O–H groups in total. The van der Waals surface area contributed by atoms with Gasteiger partial charge in [-0.25, -0.2) is 4.98 Å². The zero-order valence-electron chi connectivity index (χ0n) is 8.15. The first-order chi connectivity index (χ1) is 6.95. The normalized spacial score (nSPS) is 21.9. The average molecular weight is 193 g/mol. The number of nitrogens with one attached hydrogen (secondary N) is 1. The van der Waals surface area contributed by atoms with Crippen LogP contribution >= 0.6 is 0 Å². The van der Waals surface area contributed by atoms with E-state index in [1.54, 1.807) is 18.6 Å². The second kappa shape index (κ2) is 4.91. The van der Waals surface area contributed by atoms with Crippen LogP contribution < -0.4 is 10.1 Å². The third kappa shape index (κ3) is 2.67. The van der Waals surface area contributed by atoms with E-state index in [1.165, 1.54) is 19.3 Å². The van der Waals surface area contributed by atoms with Gasteiger partial charge in [-0.3, -0.25) is 4.98 Å². The molecule has 1 aromatic rings. The number of aromatic nitrogens is 2. The zero-order chi connectivity index (χ0) is 9.64. The molecule has 0 saturated carbocycles. The summed E-state index contributed by atoms with van der Waals surface area (Å²) >= 11 is 0. The van der Waals surface area contributed by atoms with E-state index < -0.39 is 0 Å². The maximum atomic E-state index is 5.51. The highest BCUT2D eigenvalue weighted by atomic mass is 16.5. The first-order valence-electron chi connectivity index (χ1n) is 5.07. The Morgan fingerprint density at radius 1 is 1.43 bits per heavy atom. The first kappa shape index (κ1) is 9.40. The molecule has 0 amide bonds. The minimum atomic E-state index is 0.478. The Morgan fingerprint density at radius 3 is 3.14 bits per heavy atom. The molecule has 0 bridgehead atoms. The fraction of sp³-hybridized carbons (Fsp3) is 0.600. The Hall–Kier alpha value is -1.16. The topological polar surface area (TPSA) is 47.0 Å². The maximum absolute atomic E-state index is 5.51. The van der Waals surface area contributed by atoms with Crippen LogP contribution in [0.25, 0.3) is 0 Å². The van der Waals surface area contributed by atoms with Crippen LogP contribution in [0.5, 0.6) is 5.88 Å². The highest BCUT2D eigenvalue weighted by Crippen LogP contribution is 2.08. The van der Waals surface area contributed by atoms with E-state index in [2.05, 4.69) is 15.3 Å². The van der Waals surface area contributed by atoms with Crippen molar-refractivity contribution < 1.29 is 4.74 Å². The van der Waals surface area contributed by atoms with Crippen LogP contribution in [0.2, 0.25) is 0 Å². The molecule has 1 aliphatic heterocycles. The summed E-state index contributed by atoms with van der Waals surface area (Å²) in [5, 5.41) is 3.42. The minimum absolute atomic E-state index is 0.478. The Balaban J connectivity index is 1.76. The molecule has 4 heteroatoms. The predicted molar refractivity (Wildman–Crippen MR) is 53.2 cm³/mol. The second-order valence-corrected chi connectivity index (χ2v) is 3.50. The largest absolute Gasteiger partial charge is 0.475 e. The van der Waals surface area contributed by atoms with Crippen LogP contribution in [0.15, 0.2) is 18.6 Å². The van der Waals surface area contributed by atoms with E-state index in [0.29, 0.717) is 18.5 Å². The number of piperidine rings is 1. The Labute approximate surface area is 83.7 Å². The molecule has 1 aromatic heterocycles. The highest BCUT2D eigenvalue weighted by molar-refractivity contribution is 5.01. The average Bonchev–Trinajstić information content (AvgIpc) is 2.29. The zero-order valence-corrected chi connectivity index (χ0v) is 8.15. The molecular weight excluding hydrogens is 178 g/mol. The van der Waals surface area contributed by atoms with Crippen molar-refractivity contribution in [3.05, 3.63) is 18.6 Å². The molecule has 2 heterocycles. The van der Waals surface area contributed by atoms with Gasteiger partial charge in [-0.05, 0) is 19.4 Å². The van der Waals surface area contributed by atoms with Crippen molar-refractivity contribution in [2.75, 3.05) is 13.2 Å². The minimum Gasteiger partial charge on any atom is -0.475 e. The van der Waals surface area contributed by atoms with E-state index in [4.69, 9.17) is 4.74 Å². The Morgan fingerprint density at radius 2 is 2.43 bits per heavy atom. The van der Waals surface area contributed by atoms with Gasteiger partial charge in [0.2, 0.25) is 5.88 Å². The molecule has 1 aliphatic rings. The summed E-state index contributed by atoms with van der Waals surface area (Å²) in [6, 6.07) is 0.478. The molecule has 0 spiro atoms.